The monoisotopic (exact) mass is 416 g/mol. The molecule has 10 heteroatoms. The Morgan fingerprint density at radius 2 is 1.69 bits per heavy atom. The summed E-state index contributed by atoms with van der Waals surface area (Å²) in [5.74, 6) is 0.542. The van der Waals surface area contributed by atoms with E-state index >= 15 is 0 Å². The molecule has 0 aliphatic carbocycles. The number of hydrogen-bond donors (Lipinski definition) is 3. The van der Waals surface area contributed by atoms with Crippen molar-refractivity contribution in [1.82, 2.24) is 14.7 Å². The number of hydrogen-bond acceptors (Lipinski definition) is 7. The predicted octanol–water partition coefficient (Wildman–Crippen LogP) is 3.08. The lowest BCUT2D eigenvalue weighted by Crippen LogP contribution is -2.19. The molecule has 0 saturated heterocycles. The summed E-state index contributed by atoms with van der Waals surface area (Å²) in [5, 5.41) is 6.13. The summed E-state index contributed by atoms with van der Waals surface area (Å²) in [5.41, 5.74) is 1.88. The number of nitrogens with one attached hydrogen (secondary N) is 3. The smallest absolute Gasteiger partial charge is 0.240 e. The molecule has 1 aromatic heterocycles. The van der Waals surface area contributed by atoms with Crippen LogP contribution >= 0.6 is 0 Å². The van der Waals surface area contributed by atoms with Gasteiger partial charge in [0, 0.05) is 25.8 Å². The minimum atomic E-state index is -3.60. The molecule has 0 unspecified atom stereocenters. The second-order valence-corrected chi connectivity index (χ2v) is 8.22. The van der Waals surface area contributed by atoms with Gasteiger partial charge in [0.25, 0.3) is 0 Å². The standard InChI is InChI=1S/C19H21FN6O2S/c1-21-29(27,28)15-7-8-17(26(2)3)16(10-15)25-19-11-18(22-12-23-19)24-14-6-4-5-13(20)9-14/h4-12,21H,1-3H3,(H2,22,23,24,25). The fraction of sp³-hybridized carbons (Fsp3) is 0.158. The molecule has 2 aromatic carbocycles. The van der Waals surface area contributed by atoms with Crippen molar-refractivity contribution in [3.63, 3.8) is 0 Å². The molecule has 1 heterocycles. The van der Waals surface area contributed by atoms with Crippen LogP contribution in [-0.2, 0) is 10.0 Å². The van der Waals surface area contributed by atoms with Gasteiger partial charge in [-0.25, -0.2) is 27.5 Å². The molecule has 152 valence electrons. The van der Waals surface area contributed by atoms with Gasteiger partial charge < -0.3 is 15.5 Å². The van der Waals surface area contributed by atoms with E-state index < -0.39 is 10.0 Å². The molecular formula is C19H21FN6O2S. The number of anilines is 5. The van der Waals surface area contributed by atoms with Gasteiger partial charge in [-0.15, -0.1) is 0 Å². The Kier molecular flexibility index (Phi) is 5.95. The molecule has 8 nitrogen and oxygen atoms in total. The maximum atomic E-state index is 13.4. The molecular weight excluding hydrogens is 395 g/mol. The lowest BCUT2D eigenvalue weighted by molar-refractivity contribution is 0.588. The van der Waals surface area contributed by atoms with Crippen LogP contribution in [-0.4, -0.2) is 39.5 Å². The van der Waals surface area contributed by atoms with Crippen LogP contribution in [0.15, 0.2) is 59.8 Å². The molecule has 0 aliphatic rings. The molecule has 0 amide bonds. The van der Waals surface area contributed by atoms with E-state index in [-0.39, 0.29) is 10.7 Å². The van der Waals surface area contributed by atoms with Crippen LogP contribution in [0.5, 0.6) is 0 Å². The molecule has 0 spiro atoms. The van der Waals surface area contributed by atoms with Crippen LogP contribution < -0.4 is 20.3 Å². The van der Waals surface area contributed by atoms with Crippen LogP contribution in [0.4, 0.5) is 33.1 Å². The van der Waals surface area contributed by atoms with E-state index in [4.69, 9.17) is 0 Å². The SMILES string of the molecule is CNS(=O)(=O)c1ccc(N(C)C)c(Nc2cc(Nc3cccc(F)c3)ncn2)c1. The fourth-order valence-corrected chi connectivity index (χ4v) is 3.39. The average Bonchev–Trinajstić information content (AvgIpc) is 2.68. The van der Waals surface area contributed by atoms with Gasteiger partial charge >= 0.3 is 0 Å². The number of benzene rings is 2. The van der Waals surface area contributed by atoms with Crippen molar-refractivity contribution >= 4 is 38.7 Å². The van der Waals surface area contributed by atoms with Gasteiger partial charge in [-0.3, -0.25) is 0 Å². The summed E-state index contributed by atoms with van der Waals surface area (Å²) >= 11 is 0. The first-order valence-corrected chi connectivity index (χ1v) is 10.1. The topological polar surface area (TPSA) is 99.2 Å². The minimum absolute atomic E-state index is 0.125. The highest BCUT2D eigenvalue weighted by Gasteiger charge is 2.15. The van der Waals surface area contributed by atoms with Crippen molar-refractivity contribution in [3.05, 3.63) is 60.7 Å². The third-order valence-corrected chi connectivity index (χ3v) is 5.47. The summed E-state index contributed by atoms with van der Waals surface area (Å²) in [6.45, 7) is 0. The number of sulfonamides is 1. The number of halogens is 1. The average molecular weight is 416 g/mol. The molecule has 0 aliphatic heterocycles. The lowest BCUT2D eigenvalue weighted by atomic mass is 10.2. The molecule has 0 radical (unpaired) electrons. The Morgan fingerprint density at radius 1 is 0.966 bits per heavy atom. The van der Waals surface area contributed by atoms with Crippen LogP contribution in [0, 0.1) is 5.82 Å². The fourth-order valence-electron chi connectivity index (χ4n) is 2.64. The van der Waals surface area contributed by atoms with E-state index in [2.05, 4.69) is 25.3 Å². The van der Waals surface area contributed by atoms with Crippen molar-refractivity contribution in [1.29, 1.82) is 0 Å². The predicted molar refractivity (Wildman–Crippen MR) is 112 cm³/mol. The van der Waals surface area contributed by atoms with E-state index in [1.807, 2.05) is 19.0 Å². The Morgan fingerprint density at radius 3 is 2.34 bits per heavy atom. The van der Waals surface area contributed by atoms with Crippen LogP contribution in [0.25, 0.3) is 0 Å². The summed E-state index contributed by atoms with van der Waals surface area (Å²) < 4.78 is 40.0. The van der Waals surface area contributed by atoms with Gasteiger partial charge in [-0.1, -0.05) is 6.07 Å². The van der Waals surface area contributed by atoms with Crippen molar-refractivity contribution in [3.8, 4) is 0 Å². The first-order valence-electron chi connectivity index (χ1n) is 8.65. The van der Waals surface area contributed by atoms with Gasteiger partial charge in [0.05, 0.1) is 16.3 Å². The lowest BCUT2D eigenvalue weighted by Gasteiger charge is -2.19. The molecule has 0 fully saturated rings. The summed E-state index contributed by atoms with van der Waals surface area (Å²) in [6.07, 6.45) is 1.35. The van der Waals surface area contributed by atoms with Crippen molar-refractivity contribution in [2.75, 3.05) is 36.7 Å². The van der Waals surface area contributed by atoms with Gasteiger partial charge in [0.15, 0.2) is 0 Å². The first-order chi connectivity index (χ1) is 13.8. The van der Waals surface area contributed by atoms with Crippen molar-refractivity contribution in [2.24, 2.45) is 0 Å². The zero-order valence-electron chi connectivity index (χ0n) is 16.1. The summed E-state index contributed by atoms with van der Waals surface area (Å²) in [6, 6.07) is 12.4. The van der Waals surface area contributed by atoms with Gasteiger partial charge in [0.2, 0.25) is 10.0 Å². The van der Waals surface area contributed by atoms with Crippen LogP contribution in [0.3, 0.4) is 0 Å². The molecule has 29 heavy (non-hydrogen) atoms. The molecule has 0 bridgehead atoms. The molecule has 0 saturated carbocycles. The maximum Gasteiger partial charge on any atom is 0.240 e. The summed E-state index contributed by atoms with van der Waals surface area (Å²) in [7, 11) is 1.46. The molecule has 3 N–H and O–H groups in total. The van der Waals surface area contributed by atoms with Gasteiger partial charge in [-0.2, -0.15) is 0 Å². The Labute approximate surface area is 168 Å². The van der Waals surface area contributed by atoms with Crippen LogP contribution in [0.2, 0.25) is 0 Å². The first kappa shape index (κ1) is 20.5. The second kappa shape index (κ2) is 8.41. The van der Waals surface area contributed by atoms with E-state index in [0.717, 1.165) is 5.69 Å². The number of rotatable bonds is 7. The minimum Gasteiger partial charge on any atom is -0.376 e. The Balaban J connectivity index is 1.92. The van der Waals surface area contributed by atoms with E-state index in [1.54, 1.807) is 24.3 Å². The third-order valence-electron chi connectivity index (χ3n) is 4.06. The number of aromatic nitrogens is 2. The normalized spacial score (nSPS) is 11.2. The highest BCUT2D eigenvalue weighted by Crippen LogP contribution is 2.30. The maximum absolute atomic E-state index is 13.4. The zero-order chi connectivity index (χ0) is 21.0. The highest BCUT2D eigenvalue weighted by atomic mass is 32.2. The van der Waals surface area contributed by atoms with E-state index in [0.29, 0.717) is 23.0 Å². The van der Waals surface area contributed by atoms with E-state index in [9.17, 15) is 12.8 Å². The third kappa shape index (κ3) is 4.98. The van der Waals surface area contributed by atoms with Crippen molar-refractivity contribution in [2.45, 2.75) is 4.90 Å². The Bertz CT molecular complexity index is 1120. The quantitative estimate of drug-likeness (QED) is 0.544. The van der Waals surface area contributed by atoms with Crippen LogP contribution in [0.1, 0.15) is 0 Å². The van der Waals surface area contributed by atoms with E-state index in [1.165, 1.54) is 37.6 Å². The molecule has 3 rings (SSSR count). The summed E-state index contributed by atoms with van der Waals surface area (Å²) in [4.78, 5) is 10.3. The zero-order valence-corrected chi connectivity index (χ0v) is 17.0. The Hall–Kier alpha value is -3.24. The number of nitrogens with zero attached hydrogens (tertiary/aromatic N) is 3. The second-order valence-electron chi connectivity index (χ2n) is 6.33. The van der Waals surface area contributed by atoms with Gasteiger partial charge in [0.1, 0.15) is 23.8 Å². The largest absolute Gasteiger partial charge is 0.376 e. The highest BCUT2D eigenvalue weighted by molar-refractivity contribution is 7.89. The van der Waals surface area contributed by atoms with Gasteiger partial charge in [-0.05, 0) is 43.4 Å². The molecule has 0 atom stereocenters. The van der Waals surface area contributed by atoms with Crippen molar-refractivity contribution < 1.29 is 12.8 Å². The molecule has 3 aromatic rings.